The molecule has 1 aromatic heterocycles. The molecule has 6 aromatic carbocycles. The zero-order valence-electron chi connectivity index (χ0n) is 25.3. The quantitative estimate of drug-likeness (QED) is 0.209. The van der Waals surface area contributed by atoms with Crippen LogP contribution in [0.5, 0.6) is 0 Å². The van der Waals surface area contributed by atoms with Gasteiger partial charge in [0.25, 0.3) is 0 Å². The lowest BCUT2D eigenvalue weighted by Gasteiger charge is -2.35. The average Bonchev–Trinajstić information content (AvgIpc) is 3.40. The highest BCUT2D eigenvalue weighted by Crippen LogP contribution is 2.49. The summed E-state index contributed by atoms with van der Waals surface area (Å²) in [7, 11) is 0. The molecule has 1 aliphatic heterocycles. The van der Waals surface area contributed by atoms with Crippen LogP contribution < -0.4 is 4.90 Å². The predicted octanol–water partition coefficient (Wildman–Crippen LogP) is 11.6. The lowest BCUT2D eigenvalue weighted by molar-refractivity contribution is 0.630. The SMILES string of the molecule is CC.CC1(C)c2ccccc2-n2c3ccc(N(c4ccccc4)c4ccccc4)cc3c3cc(-c4ccccc4)cc1c32. The minimum absolute atomic E-state index is 0.132. The summed E-state index contributed by atoms with van der Waals surface area (Å²) < 4.78 is 2.49. The molecule has 0 atom stereocenters. The van der Waals surface area contributed by atoms with Crippen molar-refractivity contribution in [1.82, 2.24) is 4.57 Å². The number of aromatic nitrogens is 1. The van der Waals surface area contributed by atoms with E-state index in [1.807, 2.05) is 13.8 Å². The Morgan fingerprint density at radius 3 is 1.72 bits per heavy atom. The molecule has 0 spiro atoms. The predicted molar refractivity (Wildman–Crippen MR) is 184 cm³/mol. The van der Waals surface area contributed by atoms with Gasteiger partial charge in [-0.2, -0.15) is 0 Å². The van der Waals surface area contributed by atoms with E-state index in [0.717, 1.165) is 17.1 Å². The Hall–Kier alpha value is -5.08. The van der Waals surface area contributed by atoms with E-state index in [2.05, 4.69) is 169 Å². The molecule has 2 heterocycles. The van der Waals surface area contributed by atoms with Crippen molar-refractivity contribution < 1.29 is 0 Å². The Bertz CT molecular complexity index is 2010. The number of para-hydroxylation sites is 3. The maximum Gasteiger partial charge on any atom is 0.0582 e. The molecule has 0 bridgehead atoms. The van der Waals surface area contributed by atoms with Crippen LogP contribution in [0.3, 0.4) is 0 Å². The second kappa shape index (κ2) is 10.6. The number of anilines is 3. The van der Waals surface area contributed by atoms with Crippen LogP contribution in [0.25, 0.3) is 38.6 Å². The van der Waals surface area contributed by atoms with Crippen molar-refractivity contribution in [1.29, 1.82) is 0 Å². The van der Waals surface area contributed by atoms with Crippen LogP contribution in [0.1, 0.15) is 38.8 Å². The minimum Gasteiger partial charge on any atom is -0.310 e. The molecular formula is C41H36N2. The average molecular weight is 557 g/mol. The molecule has 0 fully saturated rings. The van der Waals surface area contributed by atoms with Crippen molar-refractivity contribution in [3.8, 4) is 16.8 Å². The van der Waals surface area contributed by atoms with Gasteiger partial charge >= 0.3 is 0 Å². The smallest absolute Gasteiger partial charge is 0.0582 e. The molecule has 2 nitrogen and oxygen atoms in total. The Labute approximate surface area is 254 Å². The molecule has 8 rings (SSSR count). The summed E-state index contributed by atoms with van der Waals surface area (Å²) in [5, 5.41) is 2.56. The first-order valence-electron chi connectivity index (χ1n) is 15.3. The van der Waals surface area contributed by atoms with E-state index in [1.165, 1.54) is 49.7 Å². The van der Waals surface area contributed by atoms with E-state index in [0.29, 0.717) is 0 Å². The Kier molecular flexibility index (Phi) is 6.63. The van der Waals surface area contributed by atoms with Gasteiger partial charge in [-0.15, -0.1) is 0 Å². The molecule has 0 unspecified atom stereocenters. The lowest BCUT2D eigenvalue weighted by atomic mass is 9.74. The molecular weight excluding hydrogens is 520 g/mol. The summed E-state index contributed by atoms with van der Waals surface area (Å²) in [5.41, 5.74) is 12.3. The molecule has 0 radical (unpaired) electrons. The van der Waals surface area contributed by atoms with E-state index in [-0.39, 0.29) is 5.41 Å². The van der Waals surface area contributed by atoms with Gasteiger partial charge in [0, 0.05) is 33.2 Å². The Morgan fingerprint density at radius 1 is 0.488 bits per heavy atom. The normalized spacial score (nSPS) is 12.8. The summed E-state index contributed by atoms with van der Waals surface area (Å²) in [6.07, 6.45) is 0. The number of hydrogen-bond acceptors (Lipinski definition) is 1. The van der Waals surface area contributed by atoms with Crippen molar-refractivity contribution in [2.75, 3.05) is 4.90 Å². The first kappa shape index (κ1) is 26.8. The highest BCUT2D eigenvalue weighted by Gasteiger charge is 2.35. The van der Waals surface area contributed by atoms with Gasteiger partial charge in [-0.1, -0.05) is 113 Å². The van der Waals surface area contributed by atoms with Gasteiger partial charge in [-0.05, 0) is 82.9 Å². The van der Waals surface area contributed by atoms with Gasteiger partial charge in [0.2, 0.25) is 0 Å². The van der Waals surface area contributed by atoms with Gasteiger partial charge in [0.15, 0.2) is 0 Å². The van der Waals surface area contributed by atoms with Crippen LogP contribution in [0.2, 0.25) is 0 Å². The lowest BCUT2D eigenvalue weighted by Crippen LogP contribution is -2.26. The second-order valence-corrected chi connectivity index (χ2v) is 11.5. The molecule has 0 aliphatic carbocycles. The highest BCUT2D eigenvalue weighted by atomic mass is 15.1. The molecule has 0 amide bonds. The Balaban J connectivity index is 0.00000147. The molecule has 1 aliphatic rings. The fraction of sp³-hybridized carbons (Fsp3) is 0.122. The highest BCUT2D eigenvalue weighted by molar-refractivity contribution is 6.14. The topological polar surface area (TPSA) is 8.17 Å². The number of hydrogen-bond donors (Lipinski definition) is 0. The zero-order valence-corrected chi connectivity index (χ0v) is 25.3. The van der Waals surface area contributed by atoms with Crippen molar-refractivity contribution in [3.05, 3.63) is 157 Å². The summed E-state index contributed by atoms with van der Waals surface area (Å²) in [6, 6.07) is 52.8. The molecule has 0 saturated heterocycles. The van der Waals surface area contributed by atoms with E-state index >= 15 is 0 Å². The van der Waals surface area contributed by atoms with Crippen molar-refractivity contribution >= 4 is 38.9 Å². The fourth-order valence-electron chi connectivity index (χ4n) is 6.74. The third-order valence-electron chi connectivity index (χ3n) is 8.73. The third-order valence-corrected chi connectivity index (χ3v) is 8.73. The van der Waals surface area contributed by atoms with Crippen LogP contribution in [0.15, 0.2) is 146 Å². The Morgan fingerprint density at radius 2 is 1.07 bits per heavy atom. The van der Waals surface area contributed by atoms with Gasteiger partial charge in [-0.3, -0.25) is 0 Å². The number of nitrogens with zero attached hydrogens (tertiary/aromatic N) is 2. The number of benzene rings is 6. The molecule has 2 heteroatoms. The summed E-state index contributed by atoms with van der Waals surface area (Å²) in [6.45, 7) is 8.74. The van der Waals surface area contributed by atoms with E-state index in [1.54, 1.807) is 0 Å². The van der Waals surface area contributed by atoms with Crippen LogP contribution in [0.4, 0.5) is 17.1 Å². The van der Waals surface area contributed by atoms with E-state index < -0.39 is 0 Å². The monoisotopic (exact) mass is 556 g/mol. The van der Waals surface area contributed by atoms with Gasteiger partial charge in [0.05, 0.1) is 16.7 Å². The largest absolute Gasteiger partial charge is 0.310 e. The molecule has 43 heavy (non-hydrogen) atoms. The standard InChI is InChI=1S/C39H30N2.C2H6/c1-39(2)34-20-12-13-21-37(34)41-36-23-22-31(40(29-16-8-4-9-17-29)30-18-10-5-11-19-30)26-32(36)33-24-28(25-35(39)38(33)41)27-14-6-3-7-15-27;1-2/h3-26H,1-2H3;1-2H3. The zero-order chi connectivity index (χ0) is 29.6. The first-order valence-corrected chi connectivity index (χ1v) is 15.3. The molecule has 7 aromatic rings. The summed E-state index contributed by atoms with van der Waals surface area (Å²) in [5.74, 6) is 0. The van der Waals surface area contributed by atoms with Crippen molar-refractivity contribution in [2.24, 2.45) is 0 Å². The first-order chi connectivity index (χ1) is 21.1. The van der Waals surface area contributed by atoms with Crippen LogP contribution in [0, 0.1) is 0 Å². The second-order valence-electron chi connectivity index (χ2n) is 11.5. The molecule has 0 N–H and O–H groups in total. The van der Waals surface area contributed by atoms with Crippen LogP contribution in [-0.2, 0) is 5.41 Å². The van der Waals surface area contributed by atoms with Crippen molar-refractivity contribution in [2.45, 2.75) is 33.1 Å². The maximum absolute atomic E-state index is 2.49. The van der Waals surface area contributed by atoms with E-state index in [4.69, 9.17) is 0 Å². The van der Waals surface area contributed by atoms with Crippen molar-refractivity contribution in [3.63, 3.8) is 0 Å². The van der Waals surface area contributed by atoms with E-state index in [9.17, 15) is 0 Å². The number of fused-ring (bicyclic) bond motifs is 5. The molecule has 0 saturated carbocycles. The minimum atomic E-state index is -0.132. The fourth-order valence-corrected chi connectivity index (χ4v) is 6.74. The van der Waals surface area contributed by atoms with Gasteiger partial charge in [-0.25, -0.2) is 0 Å². The van der Waals surface area contributed by atoms with Gasteiger partial charge in [0.1, 0.15) is 0 Å². The van der Waals surface area contributed by atoms with Crippen LogP contribution >= 0.6 is 0 Å². The maximum atomic E-state index is 2.49. The number of rotatable bonds is 4. The summed E-state index contributed by atoms with van der Waals surface area (Å²) in [4.78, 5) is 2.35. The summed E-state index contributed by atoms with van der Waals surface area (Å²) >= 11 is 0. The molecule has 210 valence electrons. The van der Waals surface area contributed by atoms with Crippen LogP contribution in [-0.4, -0.2) is 4.57 Å². The third kappa shape index (κ3) is 4.25. The van der Waals surface area contributed by atoms with Gasteiger partial charge < -0.3 is 9.47 Å².